The van der Waals surface area contributed by atoms with Crippen molar-refractivity contribution in [3.05, 3.63) is 71.4 Å². The Kier molecular flexibility index (Phi) is 7.00. The van der Waals surface area contributed by atoms with E-state index in [4.69, 9.17) is 4.74 Å². The van der Waals surface area contributed by atoms with Gasteiger partial charge in [0.25, 0.3) is 5.91 Å². The number of alkyl halides is 3. The first-order chi connectivity index (χ1) is 16.6. The first-order valence-corrected chi connectivity index (χ1v) is 11.2. The Hall–Kier alpha value is -3.56. The zero-order chi connectivity index (χ0) is 25.2. The maximum Gasteiger partial charge on any atom is 0.417 e. The van der Waals surface area contributed by atoms with Crippen molar-refractivity contribution in [2.24, 2.45) is 5.92 Å². The molecule has 0 saturated carbocycles. The summed E-state index contributed by atoms with van der Waals surface area (Å²) in [6, 6.07) is 6.09. The summed E-state index contributed by atoms with van der Waals surface area (Å²) in [6.45, 7) is 4.05. The summed E-state index contributed by atoms with van der Waals surface area (Å²) >= 11 is 0. The minimum Gasteiger partial charge on any atom is -0.475 e. The molecule has 1 amide bonds. The van der Waals surface area contributed by atoms with E-state index >= 15 is 0 Å². The fourth-order valence-corrected chi connectivity index (χ4v) is 4.20. The van der Waals surface area contributed by atoms with Crippen LogP contribution in [0.15, 0.2) is 48.9 Å². The number of hydrogen-bond acceptors (Lipinski definition) is 5. The van der Waals surface area contributed by atoms with Crippen molar-refractivity contribution in [2.45, 2.75) is 38.9 Å². The molecule has 2 unspecified atom stereocenters. The maximum absolute atomic E-state index is 14.5. The lowest BCUT2D eigenvalue weighted by molar-refractivity contribution is -0.137. The third-order valence-corrected chi connectivity index (χ3v) is 6.18. The molecular formula is C25H24F4N4O2. The predicted molar refractivity (Wildman–Crippen MR) is 120 cm³/mol. The Morgan fingerprint density at radius 3 is 2.57 bits per heavy atom. The van der Waals surface area contributed by atoms with Crippen LogP contribution in [-0.4, -0.2) is 45.0 Å². The van der Waals surface area contributed by atoms with Gasteiger partial charge in [0, 0.05) is 36.8 Å². The van der Waals surface area contributed by atoms with Crippen LogP contribution in [-0.2, 0) is 6.18 Å². The molecule has 0 spiro atoms. The molecule has 3 heterocycles. The highest BCUT2D eigenvalue weighted by molar-refractivity contribution is 6.00. The quantitative estimate of drug-likeness (QED) is 0.455. The van der Waals surface area contributed by atoms with Gasteiger partial charge in [-0.1, -0.05) is 6.92 Å². The second kappa shape index (κ2) is 9.97. The Morgan fingerprint density at radius 2 is 1.91 bits per heavy atom. The number of aromatic nitrogens is 3. The third kappa shape index (κ3) is 5.41. The van der Waals surface area contributed by atoms with Gasteiger partial charge in [-0.15, -0.1) is 0 Å². The molecule has 3 aromatic rings. The number of ether oxygens (including phenoxy) is 1. The van der Waals surface area contributed by atoms with E-state index in [0.29, 0.717) is 29.7 Å². The van der Waals surface area contributed by atoms with Crippen molar-refractivity contribution in [1.29, 1.82) is 0 Å². The Morgan fingerprint density at radius 1 is 1.17 bits per heavy atom. The molecule has 4 rings (SSSR count). The summed E-state index contributed by atoms with van der Waals surface area (Å²) < 4.78 is 58.6. The average Bonchev–Trinajstić information content (AvgIpc) is 2.84. The number of halogens is 4. The van der Waals surface area contributed by atoms with E-state index in [2.05, 4.69) is 15.0 Å². The first kappa shape index (κ1) is 24.6. The van der Waals surface area contributed by atoms with E-state index in [1.165, 1.54) is 6.07 Å². The molecular weight excluding hydrogens is 464 g/mol. The largest absolute Gasteiger partial charge is 0.475 e. The van der Waals surface area contributed by atoms with Gasteiger partial charge in [0.2, 0.25) is 5.88 Å². The first-order valence-electron chi connectivity index (χ1n) is 11.2. The molecule has 0 aliphatic carbocycles. The molecule has 1 saturated heterocycles. The molecule has 6 nitrogen and oxygen atoms in total. The summed E-state index contributed by atoms with van der Waals surface area (Å²) in [5.74, 6) is -0.505. The number of rotatable bonds is 5. The lowest BCUT2D eigenvalue weighted by Gasteiger charge is -2.40. The molecule has 0 bridgehead atoms. The lowest BCUT2D eigenvalue weighted by atomic mass is 9.90. The predicted octanol–water partition coefficient (Wildman–Crippen LogP) is 5.32. The van der Waals surface area contributed by atoms with E-state index < -0.39 is 17.6 Å². The van der Waals surface area contributed by atoms with Crippen molar-refractivity contribution >= 4 is 5.91 Å². The number of aryl methyl sites for hydroxylation is 1. The Labute approximate surface area is 200 Å². The van der Waals surface area contributed by atoms with Gasteiger partial charge in [0.15, 0.2) is 5.82 Å². The zero-order valence-electron chi connectivity index (χ0n) is 19.2. The highest BCUT2D eigenvalue weighted by atomic mass is 19.4. The molecule has 35 heavy (non-hydrogen) atoms. The van der Waals surface area contributed by atoms with E-state index in [-0.39, 0.29) is 35.9 Å². The number of likely N-dealkylation sites (tertiary alicyclic amines) is 1. The second-order valence-corrected chi connectivity index (χ2v) is 8.60. The Balaban J connectivity index is 1.60. The number of hydrogen-bond donors (Lipinski definition) is 0. The van der Waals surface area contributed by atoms with Crippen molar-refractivity contribution in [3.63, 3.8) is 0 Å². The molecule has 0 radical (unpaired) electrons. The fourth-order valence-electron chi connectivity index (χ4n) is 4.20. The minimum absolute atomic E-state index is 0.0305. The minimum atomic E-state index is -4.49. The number of carbonyl (C=O) groups excluding carboxylic acids is 1. The smallest absolute Gasteiger partial charge is 0.417 e. The van der Waals surface area contributed by atoms with Crippen molar-refractivity contribution in [1.82, 2.24) is 19.9 Å². The monoisotopic (exact) mass is 488 g/mol. The van der Waals surface area contributed by atoms with Crippen molar-refractivity contribution in [3.8, 4) is 17.3 Å². The zero-order valence-corrected chi connectivity index (χ0v) is 19.2. The molecule has 2 atom stereocenters. The van der Waals surface area contributed by atoms with Crippen LogP contribution in [0.3, 0.4) is 0 Å². The summed E-state index contributed by atoms with van der Waals surface area (Å²) in [6.07, 6.45) is 0.917. The van der Waals surface area contributed by atoms with Crippen LogP contribution in [0.1, 0.15) is 41.3 Å². The molecule has 1 aromatic carbocycles. The van der Waals surface area contributed by atoms with E-state index in [1.807, 2.05) is 6.92 Å². The Bertz CT molecular complexity index is 1190. The van der Waals surface area contributed by atoms with Crippen LogP contribution in [0.5, 0.6) is 5.88 Å². The number of benzene rings is 1. The molecule has 10 heteroatoms. The highest BCUT2D eigenvalue weighted by Crippen LogP contribution is 2.31. The molecule has 2 aromatic heterocycles. The summed E-state index contributed by atoms with van der Waals surface area (Å²) in [4.78, 5) is 27.5. The maximum atomic E-state index is 14.5. The van der Waals surface area contributed by atoms with Crippen LogP contribution in [0.25, 0.3) is 11.4 Å². The van der Waals surface area contributed by atoms with E-state index in [9.17, 15) is 22.4 Å². The summed E-state index contributed by atoms with van der Waals surface area (Å²) in [5.41, 5.74) is 0.0666. The summed E-state index contributed by atoms with van der Waals surface area (Å²) in [7, 11) is 0. The van der Waals surface area contributed by atoms with Crippen molar-refractivity contribution < 1.29 is 27.1 Å². The van der Waals surface area contributed by atoms with Crippen LogP contribution in [0.4, 0.5) is 17.6 Å². The number of amides is 1. The van der Waals surface area contributed by atoms with E-state index in [0.717, 1.165) is 25.0 Å². The highest BCUT2D eigenvalue weighted by Gasteiger charge is 2.35. The topological polar surface area (TPSA) is 68.2 Å². The molecule has 1 aliphatic heterocycles. The van der Waals surface area contributed by atoms with Crippen LogP contribution in [0.2, 0.25) is 0 Å². The number of nitrogens with zero attached hydrogens (tertiary/aromatic N) is 4. The number of piperidine rings is 1. The van der Waals surface area contributed by atoms with E-state index in [1.54, 1.807) is 36.4 Å². The molecule has 0 N–H and O–H groups in total. The lowest BCUT2D eigenvalue weighted by Crippen LogP contribution is -2.50. The number of carbonyl (C=O) groups is 1. The number of pyridine rings is 1. The van der Waals surface area contributed by atoms with Crippen LogP contribution in [0, 0.1) is 18.7 Å². The van der Waals surface area contributed by atoms with Gasteiger partial charge >= 0.3 is 6.18 Å². The van der Waals surface area contributed by atoms with Gasteiger partial charge in [0.1, 0.15) is 12.4 Å². The van der Waals surface area contributed by atoms with Gasteiger partial charge in [-0.05, 0) is 55.5 Å². The van der Waals surface area contributed by atoms with Crippen LogP contribution < -0.4 is 4.74 Å². The molecule has 1 aliphatic rings. The van der Waals surface area contributed by atoms with Gasteiger partial charge < -0.3 is 9.64 Å². The summed E-state index contributed by atoms with van der Waals surface area (Å²) in [5, 5.41) is 0. The van der Waals surface area contributed by atoms with Crippen LogP contribution >= 0.6 is 0 Å². The van der Waals surface area contributed by atoms with Gasteiger partial charge in [-0.3, -0.25) is 4.79 Å². The van der Waals surface area contributed by atoms with Gasteiger partial charge in [0.05, 0.1) is 17.2 Å². The van der Waals surface area contributed by atoms with Gasteiger partial charge in [-0.2, -0.15) is 13.2 Å². The third-order valence-electron chi connectivity index (χ3n) is 6.18. The standard InChI is InChI=1S/C25H24F4N4O2/c1-15-5-3-10-33(21(15)14-35-22-7-6-17(13-32-22)25(27,28)29)24(34)19-12-20(26)16(2)11-18(19)23-30-8-4-9-31-23/h4,6-9,11-13,15,21H,3,5,10,14H2,1-2H3. The molecule has 184 valence electrons. The SMILES string of the molecule is Cc1cc(-c2ncccn2)c(C(=O)N2CCCC(C)C2COc2ccc(C(F)(F)F)cn2)cc1F. The fraction of sp³-hybridized carbons (Fsp3) is 0.360. The van der Waals surface area contributed by atoms with Gasteiger partial charge in [-0.25, -0.2) is 19.3 Å². The molecule has 1 fully saturated rings. The average molecular weight is 488 g/mol. The van der Waals surface area contributed by atoms with Crippen molar-refractivity contribution in [2.75, 3.05) is 13.2 Å². The second-order valence-electron chi connectivity index (χ2n) is 8.60. The normalized spacial score (nSPS) is 18.4.